The number of hydrogen-bond donors (Lipinski definition) is 3. The Morgan fingerprint density at radius 3 is 2.40 bits per heavy atom. The fourth-order valence-corrected chi connectivity index (χ4v) is 6.22. The molecule has 0 radical (unpaired) electrons. The molecule has 2 saturated heterocycles. The van der Waals surface area contributed by atoms with Gasteiger partial charge >= 0.3 is 5.97 Å². The van der Waals surface area contributed by atoms with Crippen molar-refractivity contribution in [3.63, 3.8) is 0 Å². The Balaban J connectivity index is 1.22. The van der Waals surface area contributed by atoms with Crippen molar-refractivity contribution in [2.24, 2.45) is 10.9 Å². The van der Waals surface area contributed by atoms with Gasteiger partial charge in [0.15, 0.2) is 11.6 Å². The molecule has 1 aromatic heterocycles. The van der Waals surface area contributed by atoms with E-state index in [0.717, 1.165) is 4.88 Å². The number of thiophene rings is 1. The van der Waals surface area contributed by atoms with Crippen molar-refractivity contribution in [1.29, 1.82) is 0 Å². The second-order valence-electron chi connectivity index (χ2n) is 11.1. The van der Waals surface area contributed by atoms with Crippen LogP contribution >= 0.6 is 11.3 Å². The normalized spacial score (nSPS) is 18.2. The van der Waals surface area contributed by atoms with Crippen molar-refractivity contribution in [1.82, 2.24) is 15.5 Å². The molecule has 1 unspecified atom stereocenters. The summed E-state index contributed by atoms with van der Waals surface area (Å²) in [7, 11) is 0. The fourth-order valence-electron chi connectivity index (χ4n) is 5.31. The zero-order chi connectivity index (χ0) is 33.8. The summed E-state index contributed by atoms with van der Waals surface area (Å²) in [5.74, 6) is -6.69. The molecule has 3 aromatic rings. The fraction of sp³-hybridized carbons (Fsp3) is 0.344. The second kappa shape index (κ2) is 13.9. The Morgan fingerprint density at radius 2 is 1.74 bits per heavy atom. The predicted molar refractivity (Wildman–Crippen MR) is 166 cm³/mol. The molecule has 4 N–H and O–H groups in total. The first kappa shape index (κ1) is 33.6. The number of nitrogens with two attached hydrogens (primary N) is 1. The molecular weight excluding hydrogens is 636 g/mol. The number of halogens is 2. The number of ether oxygens (including phenoxy) is 2. The number of benzene rings is 2. The molecule has 2 aromatic carbocycles. The largest absolute Gasteiger partial charge is 0.380 e. The molecular formula is C32H33F2N5O7S. The lowest BCUT2D eigenvalue weighted by Gasteiger charge is -2.25. The number of rotatable bonds is 10. The molecule has 2 fully saturated rings. The number of nitrogens with zero attached hydrogens (tertiary/aromatic N) is 2. The number of carbonyl (C=O) groups is 4. The second-order valence-corrected chi connectivity index (χ2v) is 12.0. The van der Waals surface area contributed by atoms with Crippen LogP contribution in [0.4, 0.5) is 8.78 Å². The molecule has 2 atom stereocenters. The summed E-state index contributed by atoms with van der Waals surface area (Å²) in [6.45, 7) is 3.08. The Hall–Kier alpha value is -4.73. The smallest absolute Gasteiger partial charge is 0.332 e. The van der Waals surface area contributed by atoms with Crippen LogP contribution in [0.15, 0.2) is 71.2 Å². The number of hydrogen-bond acceptors (Lipinski definition) is 9. The Kier molecular flexibility index (Phi) is 9.98. The van der Waals surface area contributed by atoms with E-state index in [1.165, 1.54) is 71.7 Å². The molecule has 2 aliphatic rings. The minimum atomic E-state index is -3.26. The third kappa shape index (κ3) is 7.64. The Morgan fingerprint density at radius 1 is 1.09 bits per heavy atom. The molecule has 5 rings (SSSR count). The van der Waals surface area contributed by atoms with Crippen molar-refractivity contribution < 1.29 is 42.3 Å². The SMILES string of the molecule is CC(=O)ON=C(N)c1csc(C(C)NC(=O)[C@@H]2CC3(CN2C(=O)CNC(=O)c2ccc(C(F)(F)c4ccccc4)cc2)OCCO3)c1. The molecule has 0 saturated carbocycles. The van der Waals surface area contributed by atoms with Gasteiger partial charge in [-0.25, -0.2) is 4.79 Å². The third-order valence-corrected chi connectivity index (χ3v) is 8.86. The van der Waals surface area contributed by atoms with Gasteiger partial charge in [0.1, 0.15) is 6.04 Å². The number of nitrogens with one attached hydrogen (secondary N) is 2. The van der Waals surface area contributed by atoms with Crippen LogP contribution in [0.25, 0.3) is 0 Å². The molecule has 47 heavy (non-hydrogen) atoms. The first-order valence-electron chi connectivity index (χ1n) is 14.7. The summed E-state index contributed by atoms with van der Waals surface area (Å²) in [4.78, 5) is 57.4. The minimum Gasteiger partial charge on any atom is -0.380 e. The van der Waals surface area contributed by atoms with Crippen LogP contribution in [-0.4, -0.2) is 72.6 Å². The van der Waals surface area contributed by atoms with Gasteiger partial charge in [0, 0.05) is 45.9 Å². The summed E-state index contributed by atoms with van der Waals surface area (Å²) < 4.78 is 41.4. The lowest BCUT2D eigenvalue weighted by atomic mass is 9.99. The van der Waals surface area contributed by atoms with Gasteiger partial charge in [0.25, 0.3) is 11.8 Å². The van der Waals surface area contributed by atoms with Gasteiger partial charge in [-0.15, -0.1) is 11.3 Å². The summed E-state index contributed by atoms with van der Waals surface area (Å²) in [5.41, 5.74) is 6.00. The number of oxime groups is 1. The molecule has 0 bridgehead atoms. The topological polar surface area (TPSA) is 162 Å². The highest BCUT2D eigenvalue weighted by Gasteiger charge is 2.52. The summed E-state index contributed by atoms with van der Waals surface area (Å²) in [6.07, 6.45) is 0.0833. The summed E-state index contributed by atoms with van der Waals surface area (Å²) in [5, 5.41) is 10.7. The lowest BCUT2D eigenvalue weighted by Crippen LogP contribution is -2.49. The standard InChI is InChI=1S/C32H33F2N5O7S/c1-19(26-14-22(17-47-26)28(35)38-46-20(2)40)37-30(43)25-15-31(44-12-13-45-31)18-39(25)27(41)16-36-29(42)21-8-10-24(11-9-21)32(33,34)23-6-4-3-5-7-23/h3-11,14,17,19,25H,12-13,15-16,18H2,1-2H3,(H2,35,38)(H,36,42)(H,37,43)/t19?,25-/m0/s1. The van der Waals surface area contributed by atoms with Crippen LogP contribution < -0.4 is 16.4 Å². The maximum absolute atomic E-state index is 14.9. The van der Waals surface area contributed by atoms with Crippen LogP contribution in [0.2, 0.25) is 0 Å². The van der Waals surface area contributed by atoms with E-state index in [4.69, 9.17) is 15.2 Å². The van der Waals surface area contributed by atoms with Crippen molar-refractivity contribution in [2.45, 2.75) is 44.1 Å². The van der Waals surface area contributed by atoms with Crippen LogP contribution in [0.5, 0.6) is 0 Å². The van der Waals surface area contributed by atoms with E-state index in [2.05, 4.69) is 20.6 Å². The van der Waals surface area contributed by atoms with Gasteiger partial charge in [-0.1, -0.05) is 47.6 Å². The van der Waals surface area contributed by atoms with E-state index in [9.17, 15) is 28.0 Å². The van der Waals surface area contributed by atoms with Gasteiger partial charge in [-0.3, -0.25) is 14.4 Å². The van der Waals surface area contributed by atoms with Crippen molar-refractivity contribution in [3.8, 4) is 0 Å². The molecule has 3 amide bonds. The van der Waals surface area contributed by atoms with Crippen molar-refractivity contribution in [2.75, 3.05) is 26.3 Å². The first-order valence-corrected chi connectivity index (χ1v) is 15.6. The number of carbonyl (C=O) groups excluding carboxylic acids is 4. The molecule has 12 nitrogen and oxygen atoms in total. The molecule has 0 aliphatic carbocycles. The number of likely N-dealkylation sites (tertiary alicyclic amines) is 1. The van der Waals surface area contributed by atoms with Crippen molar-refractivity contribution >= 4 is 40.9 Å². The predicted octanol–water partition coefficient (Wildman–Crippen LogP) is 3.02. The van der Waals surface area contributed by atoms with Gasteiger partial charge in [0.05, 0.1) is 32.3 Å². The average Bonchev–Trinajstić information content (AvgIpc) is 3.83. The molecule has 248 valence electrons. The lowest BCUT2D eigenvalue weighted by molar-refractivity contribution is -0.152. The monoisotopic (exact) mass is 669 g/mol. The van der Waals surface area contributed by atoms with Crippen molar-refractivity contribution in [3.05, 3.63) is 93.2 Å². The van der Waals surface area contributed by atoms with E-state index in [1.807, 2.05) is 0 Å². The molecule has 1 spiro atoms. The van der Waals surface area contributed by atoms with Gasteiger partial charge in [0.2, 0.25) is 11.8 Å². The quantitative estimate of drug-likeness (QED) is 0.129. The van der Waals surface area contributed by atoms with Crippen LogP contribution in [0.3, 0.4) is 0 Å². The zero-order valence-corrected chi connectivity index (χ0v) is 26.4. The highest BCUT2D eigenvalue weighted by Crippen LogP contribution is 2.36. The summed E-state index contributed by atoms with van der Waals surface area (Å²) in [6, 6.07) is 12.4. The maximum Gasteiger partial charge on any atom is 0.332 e. The first-order chi connectivity index (χ1) is 22.4. The van der Waals surface area contributed by atoms with E-state index in [0.29, 0.717) is 18.8 Å². The Bertz CT molecular complexity index is 1660. The van der Waals surface area contributed by atoms with Gasteiger partial charge in [-0.05, 0) is 25.1 Å². The van der Waals surface area contributed by atoms with E-state index in [-0.39, 0.29) is 35.5 Å². The maximum atomic E-state index is 14.9. The number of alkyl halides is 2. The molecule has 2 aliphatic heterocycles. The van der Waals surface area contributed by atoms with Gasteiger partial charge in [-0.2, -0.15) is 8.78 Å². The van der Waals surface area contributed by atoms with E-state index < -0.39 is 54.0 Å². The number of amides is 3. The third-order valence-electron chi connectivity index (χ3n) is 7.75. The number of amidine groups is 1. The van der Waals surface area contributed by atoms with Crippen LogP contribution in [0, 0.1) is 0 Å². The highest BCUT2D eigenvalue weighted by molar-refractivity contribution is 7.10. The zero-order valence-electron chi connectivity index (χ0n) is 25.5. The molecule has 3 heterocycles. The average molecular weight is 670 g/mol. The van der Waals surface area contributed by atoms with Crippen LogP contribution in [0.1, 0.15) is 58.2 Å². The van der Waals surface area contributed by atoms with E-state index in [1.54, 1.807) is 24.4 Å². The van der Waals surface area contributed by atoms with Crippen LogP contribution in [-0.2, 0) is 34.6 Å². The highest BCUT2D eigenvalue weighted by atomic mass is 32.1. The van der Waals surface area contributed by atoms with Gasteiger partial charge < -0.3 is 35.6 Å². The minimum absolute atomic E-state index is 0.00521. The molecule has 15 heteroatoms. The summed E-state index contributed by atoms with van der Waals surface area (Å²) >= 11 is 1.31. The van der Waals surface area contributed by atoms with E-state index >= 15 is 0 Å². The Labute approximate surface area is 272 Å².